The second-order valence-corrected chi connectivity index (χ2v) is 5.65. The molecule has 2 heterocycles. The molecule has 0 radical (unpaired) electrons. The van der Waals surface area contributed by atoms with Gasteiger partial charge in [0.15, 0.2) is 23.0 Å². The Balaban J connectivity index is 1.26. The Morgan fingerprint density at radius 1 is 0.692 bits per heavy atom. The average molecular weight is 356 g/mol. The van der Waals surface area contributed by atoms with E-state index in [2.05, 4.69) is 10.6 Å². The summed E-state index contributed by atoms with van der Waals surface area (Å²) < 4.78 is 20.9. The van der Waals surface area contributed by atoms with E-state index in [-0.39, 0.29) is 25.4 Å². The van der Waals surface area contributed by atoms with Crippen LogP contribution in [-0.2, 0) is 0 Å². The topological polar surface area (TPSA) is 95.1 Å². The number of rotatable bonds is 5. The second kappa shape index (κ2) is 6.83. The van der Waals surface area contributed by atoms with Gasteiger partial charge in [-0.1, -0.05) is 0 Å². The molecule has 0 saturated heterocycles. The van der Waals surface area contributed by atoms with E-state index in [0.717, 1.165) is 0 Å². The summed E-state index contributed by atoms with van der Waals surface area (Å²) in [7, 11) is 0. The zero-order chi connectivity index (χ0) is 17.9. The molecule has 2 N–H and O–H groups in total. The first kappa shape index (κ1) is 16.1. The molecule has 0 fully saturated rings. The highest BCUT2D eigenvalue weighted by atomic mass is 16.7. The molecule has 0 unspecified atom stereocenters. The van der Waals surface area contributed by atoms with Crippen LogP contribution in [0.25, 0.3) is 0 Å². The standard InChI is InChI=1S/C18H16N2O6/c21-17(11-1-3-13-15(7-11)25-9-23-13)19-5-6-20-18(22)12-2-4-14-16(8-12)26-10-24-14/h1-4,7-8H,5-6,9-10H2,(H,19,21)(H,20,22). The number of amides is 2. The van der Waals surface area contributed by atoms with Crippen molar-refractivity contribution in [2.75, 3.05) is 26.7 Å². The molecule has 8 nitrogen and oxygen atoms in total. The van der Waals surface area contributed by atoms with E-state index in [9.17, 15) is 9.59 Å². The Hall–Kier alpha value is -3.42. The summed E-state index contributed by atoms with van der Waals surface area (Å²) in [4.78, 5) is 24.3. The minimum atomic E-state index is -0.249. The van der Waals surface area contributed by atoms with Crippen LogP contribution in [0.4, 0.5) is 0 Å². The fourth-order valence-electron chi connectivity index (χ4n) is 2.63. The Bertz CT molecular complexity index is 795. The molecule has 0 atom stereocenters. The minimum Gasteiger partial charge on any atom is -0.454 e. The van der Waals surface area contributed by atoms with Crippen molar-refractivity contribution in [2.45, 2.75) is 0 Å². The molecule has 4 rings (SSSR count). The first-order valence-corrected chi connectivity index (χ1v) is 8.06. The summed E-state index contributed by atoms with van der Waals surface area (Å²) in [6, 6.07) is 9.96. The number of ether oxygens (including phenoxy) is 4. The molecule has 8 heteroatoms. The normalized spacial score (nSPS) is 13.4. The van der Waals surface area contributed by atoms with Crippen LogP contribution in [0.15, 0.2) is 36.4 Å². The summed E-state index contributed by atoms with van der Waals surface area (Å²) in [5, 5.41) is 5.49. The van der Waals surface area contributed by atoms with Crippen LogP contribution in [0.2, 0.25) is 0 Å². The maximum absolute atomic E-state index is 12.1. The molecular weight excluding hydrogens is 340 g/mol. The molecule has 0 bridgehead atoms. The lowest BCUT2D eigenvalue weighted by Crippen LogP contribution is -2.34. The highest BCUT2D eigenvalue weighted by molar-refractivity contribution is 5.96. The molecule has 2 amide bonds. The van der Waals surface area contributed by atoms with Gasteiger partial charge in [-0.25, -0.2) is 0 Å². The third-order valence-electron chi connectivity index (χ3n) is 3.97. The van der Waals surface area contributed by atoms with Gasteiger partial charge in [-0.3, -0.25) is 9.59 Å². The number of benzene rings is 2. The first-order valence-electron chi connectivity index (χ1n) is 8.06. The molecule has 0 saturated carbocycles. The van der Waals surface area contributed by atoms with Gasteiger partial charge in [0.2, 0.25) is 13.6 Å². The quantitative estimate of drug-likeness (QED) is 0.785. The monoisotopic (exact) mass is 356 g/mol. The van der Waals surface area contributed by atoms with Gasteiger partial charge in [0.05, 0.1) is 0 Å². The van der Waals surface area contributed by atoms with E-state index >= 15 is 0 Å². The van der Waals surface area contributed by atoms with Gasteiger partial charge in [0.25, 0.3) is 11.8 Å². The Kier molecular flexibility index (Phi) is 4.22. The predicted molar refractivity (Wildman–Crippen MR) is 89.8 cm³/mol. The summed E-state index contributed by atoms with van der Waals surface area (Å²) in [5.41, 5.74) is 0.938. The molecule has 0 aliphatic carbocycles. The smallest absolute Gasteiger partial charge is 0.251 e. The molecule has 26 heavy (non-hydrogen) atoms. The van der Waals surface area contributed by atoms with Crippen molar-refractivity contribution in [2.24, 2.45) is 0 Å². The van der Waals surface area contributed by atoms with Crippen LogP contribution >= 0.6 is 0 Å². The third-order valence-corrected chi connectivity index (χ3v) is 3.97. The fraction of sp³-hybridized carbons (Fsp3) is 0.222. The van der Waals surface area contributed by atoms with Crippen molar-refractivity contribution in [3.05, 3.63) is 47.5 Å². The van der Waals surface area contributed by atoms with E-state index in [1.54, 1.807) is 36.4 Å². The number of fused-ring (bicyclic) bond motifs is 2. The van der Waals surface area contributed by atoms with Crippen molar-refractivity contribution in [3.8, 4) is 23.0 Å². The number of carbonyl (C=O) groups is 2. The molecule has 2 aromatic carbocycles. The van der Waals surface area contributed by atoms with Gasteiger partial charge in [-0.15, -0.1) is 0 Å². The Labute approximate surface area is 149 Å². The zero-order valence-electron chi connectivity index (χ0n) is 13.7. The zero-order valence-corrected chi connectivity index (χ0v) is 13.7. The summed E-state index contributed by atoms with van der Waals surface area (Å²) in [6.07, 6.45) is 0. The number of hydrogen-bond acceptors (Lipinski definition) is 6. The van der Waals surface area contributed by atoms with E-state index in [1.165, 1.54) is 0 Å². The first-order chi connectivity index (χ1) is 12.7. The van der Waals surface area contributed by atoms with E-state index < -0.39 is 0 Å². The van der Waals surface area contributed by atoms with Crippen molar-refractivity contribution in [1.82, 2.24) is 10.6 Å². The SMILES string of the molecule is O=C(NCCNC(=O)c1ccc2c(c1)OCO2)c1ccc2c(c1)OCO2. The van der Waals surface area contributed by atoms with Gasteiger partial charge >= 0.3 is 0 Å². The van der Waals surface area contributed by atoms with Crippen molar-refractivity contribution in [3.63, 3.8) is 0 Å². The molecular formula is C18H16N2O6. The van der Waals surface area contributed by atoms with Gasteiger partial charge < -0.3 is 29.6 Å². The third kappa shape index (κ3) is 3.21. The van der Waals surface area contributed by atoms with Crippen molar-refractivity contribution < 1.29 is 28.5 Å². The van der Waals surface area contributed by atoms with Gasteiger partial charge in [-0.2, -0.15) is 0 Å². The predicted octanol–water partition coefficient (Wildman–Crippen LogP) is 1.30. The highest BCUT2D eigenvalue weighted by Crippen LogP contribution is 2.33. The molecule has 134 valence electrons. The maximum atomic E-state index is 12.1. The lowest BCUT2D eigenvalue weighted by Gasteiger charge is -2.08. The Morgan fingerprint density at radius 3 is 1.58 bits per heavy atom. The van der Waals surface area contributed by atoms with E-state index in [1.807, 2.05) is 0 Å². The summed E-state index contributed by atoms with van der Waals surface area (Å²) in [6.45, 7) is 0.908. The molecule has 2 aliphatic rings. The lowest BCUT2D eigenvalue weighted by molar-refractivity contribution is 0.0927. The molecule has 0 aromatic heterocycles. The van der Waals surface area contributed by atoms with Crippen LogP contribution in [0.5, 0.6) is 23.0 Å². The van der Waals surface area contributed by atoms with E-state index in [0.29, 0.717) is 47.2 Å². The van der Waals surface area contributed by atoms with Gasteiger partial charge in [-0.05, 0) is 36.4 Å². The molecule has 2 aromatic rings. The number of carbonyl (C=O) groups excluding carboxylic acids is 2. The second-order valence-electron chi connectivity index (χ2n) is 5.65. The van der Waals surface area contributed by atoms with Crippen LogP contribution in [-0.4, -0.2) is 38.5 Å². The summed E-state index contributed by atoms with van der Waals surface area (Å²) >= 11 is 0. The van der Waals surface area contributed by atoms with Crippen molar-refractivity contribution in [1.29, 1.82) is 0 Å². The maximum Gasteiger partial charge on any atom is 0.251 e. The fourth-order valence-corrected chi connectivity index (χ4v) is 2.63. The van der Waals surface area contributed by atoms with Crippen LogP contribution in [0.1, 0.15) is 20.7 Å². The minimum absolute atomic E-state index is 0.159. The van der Waals surface area contributed by atoms with Crippen LogP contribution in [0, 0.1) is 0 Å². The average Bonchev–Trinajstić information content (AvgIpc) is 3.32. The largest absolute Gasteiger partial charge is 0.454 e. The van der Waals surface area contributed by atoms with Gasteiger partial charge in [0, 0.05) is 24.2 Å². The Morgan fingerprint density at radius 2 is 1.12 bits per heavy atom. The highest BCUT2D eigenvalue weighted by Gasteiger charge is 2.17. The lowest BCUT2D eigenvalue weighted by atomic mass is 10.2. The van der Waals surface area contributed by atoms with Crippen molar-refractivity contribution >= 4 is 11.8 Å². The molecule has 0 spiro atoms. The van der Waals surface area contributed by atoms with Crippen LogP contribution < -0.4 is 29.6 Å². The number of hydrogen-bond donors (Lipinski definition) is 2. The summed E-state index contributed by atoms with van der Waals surface area (Å²) in [5.74, 6) is 1.85. The van der Waals surface area contributed by atoms with Gasteiger partial charge in [0.1, 0.15) is 0 Å². The number of nitrogens with one attached hydrogen (secondary N) is 2. The van der Waals surface area contributed by atoms with Crippen LogP contribution in [0.3, 0.4) is 0 Å². The molecule has 2 aliphatic heterocycles. The van der Waals surface area contributed by atoms with E-state index in [4.69, 9.17) is 18.9 Å².